The average molecular weight is 901 g/mol. The van der Waals surface area contributed by atoms with Gasteiger partial charge in [-0.15, -0.1) is 9.32 Å². The molecule has 324 valence electrons. The molecule has 0 spiro atoms. The normalized spacial score (nSPS) is 10.4. The van der Waals surface area contributed by atoms with Crippen molar-refractivity contribution in [3.8, 4) is 23.7 Å². The molecular formula is C48H38F2N4O8S2. The second-order valence-corrected chi connectivity index (χ2v) is 15.8. The fourth-order valence-electron chi connectivity index (χ4n) is 5.41. The second kappa shape index (κ2) is 23.7. The molecule has 0 radical (unpaired) electrons. The van der Waals surface area contributed by atoms with Crippen LogP contribution in [0, 0.1) is 35.3 Å². The molecule has 0 aliphatic rings. The van der Waals surface area contributed by atoms with Gasteiger partial charge >= 0.3 is 0 Å². The molecule has 0 aliphatic carbocycles. The van der Waals surface area contributed by atoms with Gasteiger partial charge in [0.2, 0.25) is 5.91 Å². The third kappa shape index (κ3) is 15.2. The van der Waals surface area contributed by atoms with Crippen LogP contribution in [0.15, 0.2) is 155 Å². The molecule has 0 atom stereocenters. The van der Waals surface area contributed by atoms with E-state index in [9.17, 15) is 36.4 Å². The van der Waals surface area contributed by atoms with E-state index in [-0.39, 0.29) is 58.7 Å². The van der Waals surface area contributed by atoms with E-state index in [1.54, 1.807) is 91.0 Å². The number of rotatable bonds is 13. The number of ketones is 1. The fourth-order valence-corrected chi connectivity index (χ4v) is 7.04. The zero-order chi connectivity index (χ0) is 45.9. The zero-order valence-corrected chi connectivity index (χ0v) is 35.5. The molecule has 6 rings (SSSR count). The Morgan fingerprint density at radius 2 is 1.02 bits per heavy atom. The first-order valence-electron chi connectivity index (χ1n) is 19.1. The maximum absolute atomic E-state index is 13.0. The maximum Gasteiger partial charge on any atom is 0.266 e. The van der Waals surface area contributed by atoms with E-state index in [2.05, 4.69) is 43.6 Å². The molecule has 64 heavy (non-hydrogen) atoms. The summed E-state index contributed by atoms with van der Waals surface area (Å²) in [7, 11) is -4.25. The summed E-state index contributed by atoms with van der Waals surface area (Å²) >= 11 is 0.888. The van der Waals surface area contributed by atoms with Gasteiger partial charge in [-0.1, -0.05) is 47.9 Å². The molecule has 5 N–H and O–H groups in total. The van der Waals surface area contributed by atoms with Crippen molar-refractivity contribution in [1.82, 2.24) is 4.72 Å². The summed E-state index contributed by atoms with van der Waals surface area (Å²) in [5.41, 5.74) is 4.03. The van der Waals surface area contributed by atoms with Gasteiger partial charge in [0.15, 0.2) is 0 Å². The monoisotopic (exact) mass is 900 g/mol. The van der Waals surface area contributed by atoms with Crippen LogP contribution < -0.4 is 21.3 Å². The lowest BCUT2D eigenvalue weighted by Gasteiger charge is -2.12. The Morgan fingerprint density at radius 1 is 0.594 bits per heavy atom. The Labute approximate surface area is 372 Å². The molecule has 0 saturated heterocycles. The van der Waals surface area contributed by atoms with Gasteiger partial charge in [0.1, 0.15) is 22.3 Å². The zero-order valence-electron chi connectivity index (χ0n) is 33.9. The highest BCUT2D eigenvalue weighted by atomic mass is 32.2. The minimum atomic E-state index is -4.25. The maximum atomic E-state index is 13.0. The molecule has 0 bridgehead atoms. The predicted molar refractivity (Wildman–Crippen MR) is 239 cm³/mol. The minimum Gasteiger partial charge on any atom is -0.321 e. The number of amides is 3. The number of carbonyl (C=O) groups excluding carboxylic acids is 4. The number of Topliss-reactive ketones (excluding diaryl/α,β-unsaturated/α-hetero) is 1. The van der Waals surface area contributed by atoms with Gasteiger partial charge in [0, 0.05) is 46.2 Å². The fraction of sp³-hybridized carbons (Fsp3) is 0.0833. The third-order valence-electron chi connectivity index (χ3n) is 8.59. The molecule has 0 unspecified atom stereocenters. The van der Waals surface area contributed by atoms with Crippen molar-refractivity contribution in [3.05, 3.63) is 191 Å². The first-order valence-corrected chi connectivity index (χ1v) is 21.3. The van der Waals surface area contributed by atoms with Crippen LogP contribution in [-0.4, -0.2) is 31.9 Å². The van der Waals surface area contributed by atoms with E-state index in [1.165, 1.54) is 61.5 Å². The Hall–Kier alpha value is -7.44. The molecular weight excluding hydrogens is 863 g/mol. The topological polar surface area (TPSA) is 183 Å². The molecule has 6 aromatic rings. The standard InChI is InChI=1S/C27H23FN2O5S.C21H15FN2O3S/c1-19(31)5-4-8-26(32)30-36(34,35)25-7-3-2-6-24(25)29-27(33)22-15-11-20(12-16-22)9-10-21-13-17-23(28)18-14-21;22-18-13-9-16(10-14-18)6-5-15-7-11-17(12-8-15)21(25)24-19-3-1-2-4-20(19)28-27-26-23/h2-3,6-7,11-18H,4-5,8H2,1H3,(H,29,33)(H,30,32);1-4,7-14H,23H2,(H,24,25). The highest BCUT2D eigenvalue weighted by molar-refractivity contribution is 7.94. The minimum absolute atomic E-state index is 0.00622. The number of benzene rings is 6. The molecule has 0 aromatic heterocycles. The second-order valence-electron chi connectivity index (χ2n) is 13.4. The Morgan fingerprint density at radius 3 is 1.48 bits per heavy atom. The summed E-state index contributed by atoms with van der Waals surface area (Å²) in [5, 5.41) is 5.37. The summed E-state index contributed by atoms with van der Waals surface area (Å²) in [4.78, 5) is 52.7. The van der Waals surface area contributed by atoms with Crippen molar-refractivity contribution < 1.29 is 45.7 Å². The van der Waals surface area contributed by atoms with Gasteiger partial charge in [-0.2, -0.15) is 5.90 Å². The molecule has 12 nitrogen and oxygen atoms in total. The summed E-state index contributed by atoms with van der Waals surface area (Å²) in [6, 6.07) is 37.7. The summed E-state index contributed by atoms with van der Waals surface area (Å²) in [6.07, 6.45) is 0.291. The van der Waals surface area contributed by atoms with Crippen LogP contribution in [-0.2, 0) is 28.9 Å². The van der Waals surface area contributed by atoms with Crippen molar-refractivity contribution in [2.24, 2.45) is 5.90 Å². The summed E-state index contributed by atoms with van der Waals surface area (Å²) in [5.74, 6) is 14.3. The van der Waals surface area contributed by atoms with E-state index < -0.39 is 21.8 Å². The molecule has 16 heteroatoms. The number of nitrogens with one attached hydrogen (secondary N) is 3. The predicted octanol–water partition coefficient (Wildman–Crippen LogP) is 8.35. The lowest BCUT2D eigenvalue weighted by atomic mass is 10.1. The lowest BCUT2D eigenvalue weighted by Crippen LogP contribution is -2.31. The summed E-state index contributed by atoms with van der Waals surface area (Å²) < 4.78 is 58.0. The van der Waals surface area contributed by atoms with Crippen LogP contribution in [0.2, 0.25) is 0 Å². The molecule has 0 fully saturated rings. The molecule has 0 aliphatic heterocycles. The van der Waals surface area contributed by atoms with Crippen LogP contribution in [0.25, 0.3) is 0 Å². The van der Waals surface area contributed by atoms with Gasteiger partial charge in [-0.25, -0.2) is 21.9 Å². The van der Waals surface area contributed by atoms with Crippen molar-refractivity contribution in [3.63, 3.8) is 0 Å². The average Bonchev–Trinajstić information content (AvgIpc) is 3.28. The highest BCUT2D eigenvalue weighted by Crippen LogP contribution is 2.28. The molecule has 0 heterocycles. The van der Waals surface area contributed by atoms with Gasteiger partial charge in [0.05, 0.1) is 28.3 Å². The number of sulfonamides is 1. The smallest absolute Gasteiger partial charge is 0.266 e. The van der Waals surface area contributed by atoms with Gasteiger partial charge < -0.3 is 15.4 Å². The first kappa shape index (κ1) is 47.6. The summed E-state index contributed by atoms with van der Waals surface area (Å²) in [6.45, 7) is 1.39. The van der Waals surface area contributed by atoms with Crippen LogP contribution in [0.4, 0.5) is 20.2 Å². The van der Waals surface area contributed by atoms with Crippen molar-refractivity contribution in [2.45, 2.75) is 36.0 Å². The Kier molecular flexibility index (Phi) is 17.6. The lowest BCUT2D eigenvalue weighted by molar-refractivity contribution is -0.195. The van der Waals surface area contributed by atoms with E-state index in [0.717, 1.165) is 17.6 Å². The molecule has 3 amide bonds. The SMILES string of the molecule is CC(=O)CCCC(=O)NS(=O)(=O)c1ccccc1NC(=O)c1ccc(C#Cc2ccc(F)cc2)cc1.NOOSc1ccccc1NC(=O)c1ccc(C#Cc2ccc(F)cc2)cc1. The number of nitrogens with two attached hydrogens (primary N) is 1. The van der Waals surface area contributed by atoms with E-state index in [0.29, 0.717) is 32.8 Å². The van der Waals surface area contributed by atoms with Crippen LogP contribution in [0.3, 0.4) is 0 Å². The first-order chi connectivity index (χ1) is 30.8. The van der Waals surface area contributed by atoms with E-state index >= 15 is 0 Å². The number of anilines is 2. The molecule has 0 saturated carbocycles. The number of hydrogen-bond donors (Lipinski definition) is 4. The quantitative estimate of drug-likeness (QED) is 0.0381. The largest absolute Gasteiger partial charge is 0.321 e. The molecule has 6 aromatic carbocycles. The number of halogens is 2. The highest BCUT2D eigenvalue weighted by Gasteiger charge is 2.22. The third-order valence-corrected chi connectivity index (χ3v) is 10.7. The van der Waals surface area contributed by atoms with Crippen LogP contribution in [0.1, 0.15) is 69.2 Å². The van der Waals surface area contributed by atoms with E-state index in [4.69, 9.17) is 5.90 Å². The van der Waals surface area contributed by atoms with Gasteiger partial charge in [-0.3, -0.25) is 14.4 Å². The van der Waals surface area contributed by atoms with Gasteiger partial charge in [0.25, 0.3) is 21.8 Å². The van der Waals surface area contributed by atoms with Crippen molar-refractivity contribution >= 4 is 56.9 Å². The van der Waals surface area contributed by atoms with Crippen LogP contribution >= 0.6 is 12.0 Å². The Bertz CT molecular complexity index is 2840. The number of hydrogen-bond acceptors (Lipinski definition) is 10. The van der Waals surface area contributed by atoms with Crippen LogP contribution in [0.5, 0.6) is 0 Å². The Balaban J connectivity index is 0.000000248. The number of para-hydroxylation sites is 2. The van der Waals surface area contributed by atoms with Crippen molar-refractivity contribution in [1.29, 1.82) is 0 Å². The number of carbonyl (C=O) groups is 4. The van der Waals surface area contributed by atoms with Gasteiger partial charge in [-0.05, 0) is 135 Å². The van der Waals surface area contributed by atoms with E-state index in [1.807, 2.05) is 4.72 Å². The van der Waals surface area contributed by atoms with Crippen molar-refractivity contribution in [2.75, 3.05) is 10.6 Å².